The molecule has 1 saturated heterocycles. The second-order valence-electron chi connectivity index (χ2n) is 6.50. The third-order valence-corrected chi connectivity index (χ3v) is 4.92. The molecule has 0 aliphatic carbocycles. The summed E-state index contributed by atoms with van der Waals surface area (Å²) in [5.41, 5.74) is 5.39. The SMILES string of the molecule is NC(=O)N1CCC[C@H]1C(=O)N1CC=C(c2ccccc2C(F)(F)F)CC1. The van der Waals surface area contributed by atoms with Gasteiger partial charge in [0.15, 0.2) is 0 Å². The number of carbonyl (C=O) groups is 2. The molecule has 0 aromatic heterocycles. The standard InChI is InChI=1S/C18H20F3N3O2/c19-18(20,21)14-5-2-1-4-13(14)12-7-10-23(11-8-12)16(25)15-6-3-9-24(15)17(22)26/h1-2,4-5,7,15H,3,6,8-11H2,(H2,22,26)/t15-/m0/s1. The number of hydrogen-bond acceptors (Lipinski definition) is 2. The Labute approximate surface area is 149 Å². The van der Waals surface area contributed by atoms with E-state index in [4.69, 9.17) is 5.73 Å². The first-order valence-corrected chi connectivity index (χ1v) is 8.49. The molecular formula is C18H20F3N3O2. The van der Waals surface area contributed by atoms with E-state index in [0.29, 0.717) is 37.9 Å². The predicted octanol–water partition coefficient (Wildman–Crippen LogP) is 2.86. The molecule has 2 heterocycles. The molecule has 140 valence electrons. The molecule has 2 aliphatic rings. The van der Waals surface area contributed by atoms with Crippen LogP contribution in [0.5, 0.6) is 0 Å². The Balaban J connectivity index is 1.75. The van der Waals surface area contributed by atoms with Crippen LogP contribution in [0.3, 0.4) is 0 Å². The summed E-state index contributed by atoms with van der Waals surface area (Å²) >= 11 is 0. The zero-order valence-corrected chi connectivity index (χ0v) is 14.1. The van der Waals surface area contributed by atoms with Crippen LogP contribution in [0.1, 0.15) is 30.4 Å². The van der Waals surface area contributed by atoms with E-state index in [1.165, 1.54) is 17.0 Å². The van der Waals surface area contributed by atoms with E-state index in [1.54, 1.807) is 17.0 Å². The summed E-state index contributed by atoms with van der Waals surface area (Å²) in [5, 5.41) is 0. The van der Waals surface area contributed by atoms with Gasteiger partial charge in [0.2, 0.25) is 5.91 Å². The Morgan fingerprint density at radius 3 is 2.50 bits per heavy atom. The van der Waals surface area contributed by atoms with Gasteiger partial charge in [0.05, 0.1) is 5.56 Å². The summed E-state index contributed by atoms with van der Waals surface area (Å²) in [6.45, 7) is 1.00. The van der Waals surface area contributed by atoms with E-state index < -0.39 is 23.8 Å². The van der Waals surface area contributed by atoms with Crippen LogP contribution < -0.4 is 5.73 Å². The molecule has 0 radical (unpaired) electrons. The van der Waals surface area contributed by atoms with Crippen molar-refractivity contribution in [2.75, 3.05) is 19.6 Å². The van der Waals surface area contributed by atoms with Gasteiger partial charge in [0, 0.05) is 19.6 Å². The molecule has 0 spiro atoms. The fourth-order valence-electron chi connectivity index (χ4n) is 3.62. The molecular weight excluding hydrogens is 347 g/mol. The molecule has 0 unspecified atom stereocenters. The minimum atomic E-state index is -4.42. The maximum Gasteiger partial charge on any atom is 0.416 e. The summed E-state index contributed by atoms with van der Waals surface area (Å²) in [4.78, 5) is 27.0. The number of urea groups is 1. The average Bonchev–Trinajstić information content (AvgIpc) is 3.10. The van der Waals surface area contributed by atoms with Crippen LogP contribution in [-0.4, -0.2) is 47.4 Å². The van der Waals surface area contributed by atoms with Crippen LogP contribution >= 0.6 is 0 Å². The van der Waals surface area contributed by atoms with Gasteiger partial charge in [-0.15, -0.1) is 0 Å². The number of primary amides is 1. The molecule has 1 atom stereocenters. The number of nitrogens with zero attached hydrogens (tertiary/aromatic N) is 2. The lowest BCUT2D eigenvalue weighted by molar-refractivity contribution is -0.138. The minimum absolute atomic E-state index is 0.159. The smallest absolute Gasteiger partial charge is 0.351 e. The van der Waals surface area contributed by atoms with Gasteiger partial charge in [-0.2, -0.15) is 13.2 Å². The third-order valence-electron chi connectivity index (χ3n) is 4.92. The van der Waals surface area contributed by atoms with Crippen molar-refractivity contribution in [2.24, 2.45) is 5.73 Å². The lowest BCUT2D eigenvalue weighted by Crippen LogP contribution is -2.50. The fourth-order valence-corrected chi connectivity index (χ4v) is 3.62. The number of hydrogen-bond donors (Lipinski definition) is 1. The Hall–Kier alpha value is -2.51. The van der Waals surface area contributed by atoms with Crippen LogP contribution in [0.15, 0.2) is 30.3 Å². The van der Waals surface area contributed by atoms with Crippen molar-refractivity contribution in [1.82, 2.24) is 9.80 Å². The average molecular weight is 367 g/mol. The van der Waals surface area contributed by atoms with E-state index >= 15 is 0 Å². The number of alkyl halides is 3. The highest BCUT2D eigenvalue weighted by Gasteiger charge is 2.37. The van der Waals surface area contributed by atoms with Gasteiger partial charge in [0.25, 0.3) is 0 Å². The molecule has 5 nitrogen and oxygen atoms in total. The Morgan fingerprint density at radius 2 is 1.88 bits per heavy atom. The normalized spacial score (nSPS) is 20.9. The van der Waals surface area contributed by atoms with Crippen LogP contribution in [0, 0.1) is 0 Å². The van der Waals surface area contributed by atoms with Crippen molar-refractivity contribution in [3.63, 3.8) is 0 Å². The number of carbonyl (C=O) groups excluding carboxylic acids is 2. The number of amides is 3. The molecule has 1 aromatic carbocycles. The quantitative estimate of drug-likeness (QED) is 0.873. The van der Waals surface area contributed by atoms with Crippen LogP contribution in [0.4, 0.5) is 18.0 Å². The Bertz CT molecular complexity index is 745. The van der Waals surface area contributed by atoms with E-state index in [2.05, 4.69) is 0 Å². The largest absolute Gasteiger partial charge is 0.416 e. The van der Waals surface area contributed by atoms with Gasteiger partial charge in [-0.1, -0.05) is 24.3 Å². The monoisotopic (exact) mass is 367 g/mol. The van der Waals surface area contributed by atoms with E-state index in [-0.39, 0.29) is 18.0 Å². The summed E-state index contributed by atoms with van der Waals surface area (Å²) in [5.74, 6) is -0.194. The van der Waals surface area contributed by atoms with Gasteiger partial charge in [0.1, 0.15) is 6.04 Å². The van der Waals surface area contributed by atoms with E-state index in [0.717, 1.165) is 6.07 Å². The van der Waals surface area contributed by atoms with Gasteiger partial charge < -0.3 is 15.5 Å². The van der Waals surface area contributed by atoms with Crippen molar-refractivity contribution >= 4 is 17.5 Å². The Morgan fingerprint density at radius 1 is 1.15 bits per heavy atom. The summed E-state index contributed by atoms with van der Waals surface area (Å²) in [7, 11) is 0. The molecule has 2 N–H and O–H groups in total. The molecule has 0 bridgehead atoms. The van der Waals surface area contributed by atoms with Crippen LogP contribution in [-0.2, 0) is 11.0 Å². The van der Waals surface area contributed by atoms with Crippen LogP contribution in [0.25, 0.3) is 5.57 Å². The van der Waals surface area contributed by atoms with E-state index in [9.17, 15) is 22.8 Å². The van der Waals surface area contributed by atoms with Crippen molar-refractivity contribution in [3.8, 4) is 0 Å². The zero-order chi connectivity index (χ0) is 18.9. The number of rotatable bonds is 2. The number of halogens is 3. The first-order chi connectivity index (χ1) is 12.3. The molecule has 1 aromatic rings. The van der Waals surface area contributed by atoms with Crippen molar-refractivity contribution in [2.45, 2.75) is 31.5 Å². The van der Waals surface area contributed by atoms with E-state index in [1.807, 2.05) is 0 Å². The summed E-state index contributed by atoms with van der Waals surface area (Å²) in [6, 6.07) is 4.28. The number of benzene rings is 1. The minimum Gasteiger partial charge on any atom is -0.351 e. The molecule has 3 rings (SSSR count). The summed E-state index contributed by atoms with van der Waals surface area (Å²) < 4.78 is 39.6. The third kappa shape index (κ3) is 3.54. The molecule has 2 aliphatic heterocycles. The molecule has 0 saturated carbocycles. The maximum absolute atomic E-state index is 13.2. The highest BCUT2D eigenvalue weighted by molar-refractivity contribution is 5.88. The zero-order valence-electron chi connectivity index (χ0n) is 14.1. The van der Waals surface area contributed by atoms with Crippen molar-refractivity contribution in [1.29, 1.82) is 0 Å². The second kappa shape index (κ2) is 7.01. The highest BCUT2D eigenvalue weighted by atomic mass is 19.4. The fraction of sp³-hybridized carbons (Fsp3) is 0.444. The topological polar surface area (TPSA) is 66.6 Å². The van der Waals surface area contributed by atoms with Gasteiger partial charge >= 0.3 is 12.2 Å². The summed E-state index contributed by atoms with van der Waals surface area (Å²) in [6.07, 6.45) is -1.15. The first-order valence-electron chi connectivity index (χ1n) is 8.49. The molecule has 8 heteroatoms. The van der Waals surface area contributed by atoms with Gasteiger partial charge in [-0.3, -0.25) is 4.79 Å². The highest BCUT2D eigenvalue weighted by Crippen LogP contribution is 2.36. The molecule has 3 amide bonds. The molecule has 1 fully saturated rings. The van der Waals surface area contributed by atoms with Crippen LogP contribution in [0.2, 0.25) is 0 Å². The van der Waals surface area contributed by atoms with Gasteiger partial charge in [-0.05, 0) is 36.5 Å². The number of nitrogens with two attached hydrogens (primary N) is 1. The molecule has 26 heavy (non-hydrogen) atoms. The maximum atomic E-state index is 13.2. The van der Waals surface area contributed by atoms with Gasteiger partial charge in [-0.25, -0.2) is 4.79 Å². The first kappa shape index (κ1) is 18.3. The predicted molar refractivity (Wildman–Crippen MR) is 89.9 cm³/mol. The second-order valence-corrected chi connectivity index (χ2v) is 6.50. The van der Waals surface area contributed by atoms with Crippen molar-refractivity contribution in [3.05, 3.63) is 41.5 Å². The number of likely N-dealkylation sites (tertiary alicyclic amines) is 1. The van der Waals surface area contributed by atoms with Crippen molar-refractivity contribution < 1.29 is 22.8 Å². The lowest BCUT2D eigenvalue weighted by Gasteiger charge is -2.32. The lowest BCUT2D eigenvalue weighted by atomic mass is 9.94. The Kier molecular flexibility index (Phi) is 4.93.